The van der Waals surface area contributed by atoms with Crippen molar-refractivity contribution in [2.24, 2.45) is 0 Å². The Bertz CT molecular complexity index is 531. The molecule has 2 rings (SSSR count). The van der Waals surface area contributed by atoms with Gasteiger partial charge in [-0.05, 0) is 43.0 Å². The van der Waals surface area contributed by atoms with Gasteiger partial charge in [0.25, 0.3) is 0 Å². The van der Waals surface area contributed by atoms with Crippen molar-refractivity contribution in [3.63, 3.8) is 0 Å². The Morgan fingerprint density at radius 2 is 2.16 bits per heavy atom. The van der Waals surface area contributed by atoms with Gasteiger partial charge in [0.15, 0.2) is 0 Å². The Kier molecular flexibility index (Phi) is 4.68. The quantitative estimate of drug-likeness (QED) is 0.836. The summed E-state index contributed by atoms with van der Waals surface area (Å²) in [5.41, 5.74) is 2.21. The van der Waals surface area contributed by atoms with Crippen molar-refractivity contribution in [2.45, 2.75) is 17.9 Å². The van der Waals surface area contributed by atoms with Gasteiger partial charge in [0, 0.05) is 23.3 Å². The molecule has 4 heteroatoms. The molecule has 19 heavy (non-hydrogen) atoms. The van der Waals surface area contributed by atoms with E-state index in [1.54, 1.807) is 25.1 Å². The minimum atomic E-state index is 0.203. The van der Waals surface area contributed by atoms with Crippen molar-refractivity contribution >= 4 is 17.4 Å². The zero-order valence-corrected chi connectivity index (χ0v) is 12.2. The van der Waals surface area contributed by atoms with Gasteiger partial charge in [-0.1, -0.05) is 6.07 Å². The number of rotatable bonds is 5. The first-order valence-electron chi connectivity index (χ1n) is 6.13. The summed E-state index contributed by atoms with van der Waals surface area (Å²) in [6.45, 7) is 2.13. The van der Waals surface area contributed by atoms with Crippen LogP contribution in [0.15, 0.2) is 47.6 Å². The van der Waals surface area contributed by atoms with Crippen LogP contribution in [0.1, 0.15) is 18.5 Å². The third-order valence-corrected chi connectivity index (χ3v) is 3.73. The van der Waals surface area contributed by atoms with E-state index in [0.717, 1.165) is 16.3 Å². The minimum Gasteiger partial charge on any atom is -0.496 e. The maximum absolute atomic E-state index is 5.42. The molecule has 0 aliphatic rings. The number of anilines is 1. The second-order valence-electron chi connectivity index (χ2n) is 4.22. The molecule has 0 unspecified atom stereocenters. The summed E-state index contributed by atoms with van der Waals surface area (Å²) in [6.07, 6.45) is 5.64. The van der Waals surface area contributed by atoms with Crippen LogP contribution in [-0.4, -0.2) is 18.3 Å². The molecule has 0 saturated heterocycles. The van der Waals surface area contributed by atoms with E-state index in [0.29, 0.717) is 0 Å². The van der Waals surface area contributed by atoms with E-state index < -0.39 is 0 Å². The molecule has 1 aromatic carbocycles. The number of nitrogens with zero attached hydrogens (tertiary/aromatic N) is 1. The molecule has 0 bridgehead atoms. The van der Waals surface area contributed by atoms with Crippen LogP contribution in [-0.2, 0) is 0 Å². The van der Waals surface area contributed by atoms with Gasteiger partial charge < -0.3 is 10.1 Å². The van der Waals surface area contributed by atoms with Gasteiger partial charge in [-0.15, -0.1) is 11.8 Å². The highest BCUT2D eigenvalue weighted by Gasteiger charge is 2.09. The highest BCUT2D eigenvalue weighted by Crippen LogP contribution is 2.31. The first-order valence-corrected chi connectivity index (χ1v) is 7.35. The summed E-state index contributed by atoms with van der Waals surface area (Å²) in [6, 6.07) is 10.4. The third kappa shape index (κ3) is 3.41. The van der Waals surface area contributed by atoms with Crippen LogP contribution >= 0.6 is 11.8 Å². The second-order valence-corrected chi connectivity index (χ2v) is 5.07. The van der Waals surface area contributed by atoms with Gasteiger partial charge in [-0.3, -0.25) is 4.98 Å². The van der Waals surface area contributed by atoms with Gasteiger partial charge in [-0.25, -0.2) is 0 Å². The lowest BCUT2D eigenvalue weighted by Gasteiger charge is -2.17. The Balaban J connectivity index is 2.17. The standard InChI is InChI=1S/C15H18N2OS/c1-11(17-13-5-4-8-16-10-13)12-6-7-15(19-3)14(9-12)18-2/h4-11,17H,1-3H3/t11-/m0/s1. The SMILES string of the molecule is COc1cc([C@H](C)Nc2cccnc2)ccc1SC. The topological polar surface area (TPSA) is 34.1 Å². The Labute approximate surface area is 118 Å². The molecule has 2 aromatic rings. The van der Waals surface area contributed by atoms with Crippen molar-refractivity contribution < 1.29 is 4.74 Å². The molecule has 0 amide bonds. The van der Waals surface area contributed by atoms with Crippen molar-refractivity contribution in [2.75, 3.05) is 18.7 Å². The summed E-state index contributed by atoms with van der Waals surface area (Å²) in [5.74, 6) is 0.921. The van der Waals surface area contributed by atoms with Gasteiger partial charge in [0.1, 0.15) is 5.75 Å². The summed E-state index contributed by atoms with van der Waals surface area (Å²) >= 11 is 1.69. The van der Waals surface area contributed by atoms with Gasteiger partial charge >= 0.3 is 0 Å². The molecule has 0 saturated carbocycles. The summed E-state index contributed by atoms with van der Waals surface area (Å²) in [7, 11) is 1.71. The number of thioether (sulfide) groups is 1. The summed E-state index contributed by atoms with van der Waals surface area (Å²) < 4.78 is 5.42. The lowest BCUT2D eigenvalue weighted by molar-refractivity contribution is 0.404. The van der Waals surface area contributed by atoms with E-state index in [4.69, 9.17) is 4.74 Å². The van der Waals surface area contributed by atoms with Crippen LogP contribution in [0.25, 0.3) is 0 Å². The van der Waals surface area contributed by atoms with Crippen LogP contribution in [0.2, 0.25) is 0 Å². The molecule has 100 valence electrons. The van der Waals surface area contributed by atoms with Crippen molar-refractivity contribution in [1.29, 1.82) is 0 Å². The van der Waals surface area contributed by atoms with E-state index in [1.807, 2.05) is 18.3 Å². The lowest BCUT2D eigenvalue weighted by atomic mass is 10.1. The van der Waals surface area contributed by atoms with E-state index in [1.165, 1.54) is 5.56 Å². The predicted molar refractivity (Wildman–Crippen MR) is 81.0 cm³/mol. The third-order valence-electron chi connectivity index (χ3n) is 2.95. The van der Waals surface area contributed by atoms with Crippen LogP contribution in [0.5, 0.6) is 5.75 Å². The molecule has 1 atom stereocenters. The first kappa shape index (κ1) is 13.7. The molecule has 0 aliphatic carbocycles. The zero-order valence-electron chi connectivity index (χ0n) is 11.4. The molecule has 1 aromatic heterocycles. The fourth-order valence-corrected chi connectivity index (χ4v) is 2.45. The van der Waals surface area contributed by atoms with E-state index in [2.05, 4.69) is 41.7 Å². The number of ether oxygens (including phenoxy) is 1. The number of aromatic nitrogens is 1. The second kappa shape index (κ2) is 6.48. The molecule has 1 N–H and O–H groups in total. The molecule has 3 nitrogen and oxygen atoms in total. The van der Waals surface area contributed by atoms with Gasteiger partial charge in [0.05, 0.1) is 12.8 Å². The number of nitrogens with one attached hydrogen (secondary N) is 1. The van der Waals surface area contributed by atoms with Gasteiger partial charge in [0.2, 0.25) is 0 Å². The predicted octanol–water partition coefficient (Wildman–Crippen LogP) is 3.99. The van der Waals surface area contributed by atoms with Crippen LogP contribution < -0.4 is 10.1 Å². The molecule has 1 heterocycles. The highest BCUT2D eigenvalue weighted by atomic mass is 32.2. The number of pyridine rings is 1. The first-order chi connectivity index (χ1) is 9.24. The number of hydrogen-bond acceptors (Lipinski definition) is 4. The Morgan fingerprint density at radius 1 is 1.32 bits per heavy atom. The summed E-state index contributed by atoms with van der Waals surface area (Å²) in [4.78, 5) is 5.25. The van der Waals surface area contributed by atoms with Crippen molar-refractivity contribution in [1.82, 2.24) is 4.98 Å². The van der Waals surface area contributed by atoms with E-state index in [-0.39, 0.29) is 6.04 Å². The fraction of sp³-hybridized carbons (Fsp3) is 0.267. The smallest absolute Gasteiger partial charge is 0.132 e. The lowest BCUT2D eigenvalue weighted by Crippen LogP contribution is -2.07. The van der Waals surface area contributed by atoms with Crippen molar-refractivity contribution in [3.8, 4) is 5.75 Å². The Hall–Kier alpha value is -1.68. The maximum atomic E-state index is 5.42. The molecule has 0 radical (unpaired) electrons. The Morgan fingerprint density at radius 3 is 2.79 bits per heavy atom. The van der Waals surface area contributed by atoms with E-state index in [9.17, 15) is 0 Å². The average Bonchev–Trinajstić information content (AvgIpc) is 2.47. The summed E-state index contributed by atoms with van der Waals surface area (Å²) in [5, 5.41) is 3.42. The number of hydrogen-bond donors (Lipinski definition) is 1. The number of benzene rings is 1. The molecular formula is C15H18N2OS. The molecule has 0 fully saturated rings. The normalized spacial score (nSPS) is 11.9. The average molecular weight is 274 g/mol. The number of methoxy groups -OCH3 is 1. The van der Waals surface area contributed by atoms with Crippen molar-refractivity contribution in [3.05, 3.63) is 48.3 Å². The minimum absolute atomic E-state index is 0.203. The molecule has 0 aliphatic heterocycles. The highest BCUT2D eigenvalue weighted by molar-refractivity contribution is 7.98. The maximum Gasteiger partial charge on any atom is 0.132 e. The zero-order chi connectivity index (χ0) is 13.7. The van der Waals surface area contributed by atoms with Crippen LogP contribution in [0, 0.1) is 0 Å². The van der Waals surface area contributed by atoms with Gasteiger partial charge in [-0.2, -0.15) is 0 Å². The monoisotopic (exact) mass is 274 g/mol. The van der Waals surface area contributed by atoms with E-state index >= 15 is 0 Å². The molecule has 0 spiro atoms. The largest absolute Gasteiger partial charge is 0.496 e. The van der Waals surface area contributed by atoms with Crippen LogP contribution in [0.4, 0.5) is 5.69 Å². The molecular weight excluding hydrogens is 256 g/mol. The fourth-order valence-electron chi connectivity index (χ4n) is 1.90. The van der Waals surface area contributed by atoms with Crippen LogP contribution in [0.3, 0.4) is 0 Å².